The van der Waals surface area contributed by atoms with Crippen LogP contribution in [0, 0.1) is 0 Å². The number of methoxy groups -OCH3 is 2. The predicted molar refractivity (Wildman–Crippen MR) is 90.6 cm³/mol. The van der Waals surface area contributed by atoms with Crippen molar-refractivity contribution in [1.82, 2.24) is 0 Å². The Labute approximate surface area is 142 Å². The van der Waals surface area contributed by atoms with Crippen molar-refractivity contribution in [3.63, 3.8) is 0 Å². The largest absolute Gasteiger partial charge is 0.507 e. The smallest absolute Gasteiger partial charge is 0.200 e. The molecule has 126 valence electrons. The van der Waals surface area contributed by atoms with Crippen LogP contribution in [0.25, 0.3) is 21.9 Å². The second-order valence-electron chi connectivity index (χ2n) is 5.51. The third kappa shape index (κ3) is 2.30. The van der Waals surface area contributed by atoms with Crippen LogP contribution in [0.5, 0.6) is 17.2 Å². The molecule has 0 amide bonds. The topological polar surface area (TPSA) is 82.0 Å². The van der Waals surface area contributed by atoms with E-state index in [2.05, 4.69) is 0 Å². The van der Waals surface area contributed by atoms with Gasteiger partial charge >= 0.3 is 0 Å². The van der Waals surface area contributed by atoms with E-state index in [0.29, 0.717) is 33.6 Å². The second-order valence-corrected chi connectivity index (χ2v) is 5.51. The molecule has 6 heteroatoms. The second kappa shape index (κ2) is 5.59. The average Bonchev–Trinajstić information content (AvgIpc) is 3.24. The molecule has 6 nitrogen and oxygen atoms in total. The van der Waals surface area contributed by atoms with Crippen molar-refractivity contribution in [3.8, 4) is 17.2 Å². The Balaban J connectivity index is 1.88. The highest BCUT2D eigenvalue weighted by molar-refractivity contribution is 6.18. The zero-order valence-corrected chi connectivity index (χ0v) is 13.5. The number of rotatable bonds is 4. The molecule has 2 aromatic carbocycles. The fraction of sp³-hybridized carbons (Fsp3) is 0.105. The van der Waals surface area contributed by atoms with Gasteiger partial charge in [0.05, 0.1) is 31.6 Å². The number of furan rings is 2. The number of hydrogen-bond donors (Lipinski definition) is 1. The molecule has 0 bridgehead atoms. The number of aromatic hydroxyl groups is 1. The summed E-state index contributed by atoms with van der Waals surface area (Å²) in [7, 11) is 3.04. The number of hydrogen-bond acceptors (Lipinski definition) is 6. The number of benzene rings is 2. The van der Waals surface area contributed by atoms with Gasteiger partial charge in [-0.25, -0.2) is 0 Å². The van der Waals surface area contributed by atoms with Crippen molar-refractivity contribution < 1.29 is 28.2 Å². The van der Waals surface area contributed by atoms with Gasteiger partial charge in [-0.3, -0.25) is 4.79 Å². The summed E-state index contributed by atoms with van der Waals surface area (Å²) >= 11 is 0. The summed E-state index contributed by atoms with van der Waals surface area (Å²) < 4.78 is 21.2. The lowest BCUT2D eigenvalue weighted by atomic mass is 10.0. The van der Waals surface area contributed by atoms with Gasteiger partial charge in [0.1, 0.15) is 23.2 Å². The van der Waals surface area contributed by atoms with Crippen LogP contribution in [0.2, 0.25) is 0 Å². The van der Waals surface area contributed by atoms with Crippen LogP contribution in [0.1, 0.15) is 15.9 Å². The van der Waals surface area contributed by atoms with Gasteiger partial charge in [0.15, 0.2) is 11.5 Å². The van der Waals surface area contributed by atoms with Crippen LogP contribution in [0.15, 0.2) is 51.7 Å². The Kier molecular flexibility index (Phi) is 3.39. The van der Waals surface area contributed by atoms with Crippen molar-refractivity contribution in [1.29, 1.82) is 0 Å². The van der Waals surface area contributed by atoms with E-state index in [1.54, 1.807) is 24.3 Å². The molecule has 2 heterocycles. The van der Waals surface area contributed by atoms with Crippen molar-refractivity contribution in [2.75, 3.05) is 14.2 Å². The molecule has 4 rings (SSSR count). The number of ketones is 1. The molecule has 1 N–H and O–H groups in total. The first kappa shape index (κ1) is 15.1. The van der Waals surface area contributed by atoms with Crippen molar-refractivity contribution in [2.45, 2.75) is 0 Å². The van der Waals surface area contributed by atoms with Crippen LogP contribution < -0.4 is 9.47 Å². The monoisotopic (exact) mass is 338 g/mol. The van der Waals surface area contributed by atoms with Gasteiger partial charge in [-0.15, -0.1) is 0 Å². The van der Waals surface area contributed by atoms with Gasteiger partial charge in [-0.2, -0.15) is 0 Å². The van der Waals surface area contributed by atoms with Crippen LogP contribution in [-0.4, -0.2) is 25.1 Å². The average molecular weight is 338 g/mol. The third-order valence-electron chi connectivity index (χ3n) is 4.14. The van der Waals surface area contributed by atoms with Gasteiger partial charge in [-0.05, 0) is 18.2 Å². The molecule has 2 aromatic heterocycles. The third-order valence-corrected chi connectivity index (χ3v) is 4.14. The van der Waals surface area contributed by atoms with E-state index in [4.69, 9.17) is 18.3 Å². The van der Waals surface area contributed by atoms with E-state index in [0.717, 1.165) is 5.39 Å². The Bertz CT molecular complexity index is 1100. The standard InChI is InChI=1S/C19H14O6/c1-22-17-6-11-13(9-25-16(11)8-18(17)23-2)19(21)12-5-10-3-4-24-15(10)7-14(12)20/h3-9,20H,1-2H3. The first-order valence-corrected chi connectivity index (χ1v) is 7.50. The lowest BCUT2D eigenvalue weighted by molar-refractivity contribution is 0.103. The molecular weight excluding hydrogens is 324 g/mol. The fourth-order valence-electron chi connectivity index (χ4n) is 2.86. The number of carbonyl (C=O) groups excluding carboxylic acids is 1. The van der Waals surface area contributed by atoms with Gasteiger partial charge in [0.2, 0.25) is 5.78 Å². The molecule has 0 saturated carbocycles. The summed E-state index contributed by atoms with van der Waals surface area (Å²) in [5.74, 6) is 0.486. The summed E-state index contributed by atoms with van der Waals surface area (Å²) in [6.45, 7) is 0. The molecule has 0 unspecified atom stereocenters. The molecule has 0 aliphatic carbocycles. The molecule has 4 aromatic rings. The Morgan fingerprint density at radius 3 is 2.48 bits per heavy atom. The molecule has 0 atom stereocenters. The quantitative estimate of drug-likeness (QED) is 0.563. The summed E-state index contributed by atoms with van der Waals surface area (Å²) in [6, 6.07) is 8.08. The number of phenolic OH excluding ortho intramolecular Hbond substituents is 1. The van der Waals surface area contributed by atoms with Gasteiger partial charge in [-0.1, -0.05) is 0 Å². The lowest BCUT2D eigenvalue weighted by Gasteiger charge is -2.07. The van der Waals surface area contributed by atoms with Crippen molar-refractivity contribution in [3.05, 3.63) is 54.0 Å². The van der Waals surface area contributed by atoms with Crippen molar-refractivity contribution in [2.24, 2.45) is 0 Å². The molecule has 0 saturated heterocycles. The first-order chi connectivity index (χ1) is 12.1. The zero-order chi connectivity index (χ0) is 17.6. The maximum atomic E-state index is 12.9. The van der Waals surface area contributed by atoms with E-state index < -0.39 is 0 Å². The molecule has 25 heavy (non-hydrogen) atoms. The van der Waals surface area contributed by atoms with E-state index in [-0.39, 0.29) is 17.1 Å². The van der Waals surface area contributed by atoms with Crippen LogP contribution >= 0.6 is 0 Å². The van der Waals surface area contributed by atoms with Gasteiger partial charge in [0, 0.05) is 22.9 Å². The van der Waals surface area contributed by atoms with E-state index in [9.17, 15) is 9.90 Å². The molecule has 0 aliphatic heterocycles. The summed E-state index contributed by atoms with van der Waals surface area (Å²) in [6.07, 6.45) is 2.87. The Morgan fingerprint density at radius 2 is 1.72 bits per heavy atom. The number of ether oxygens (including phenoxy) is 2. The van der Waals surface area contributed by atoms with Gasteiger partial charge in [0.25, 0.3) is 0 Å². The molecule has 0 spiro atoms. The maximum Gasteiger partial charge on any atom is 0.200 e. The predicted octanol–water partition coefficient (Wildman–Crippen LogP) is 4.13. The summed E-state index contributed by atoms with van der Waals surface area (Å²) in [5, 5.41) is 11.5. The highest BCUT2D eigenvalue weighted by atomic mass is 16.5. The first-order valence-electron chi connectivity index (χ1n) is 7.50. The Morgan fingerprint density at radius 1 is 0.960 bits per heavy atom. The zero-order valence-electron chi connectivity index (χ0n) is 13.5. The highest BCUT2D eigenvalue weighted by Crippen LogP contribution is 2.36. The summed E-state index contributed by atoms with van der Waals surface area (Å²) in [5.41, 5.74) is 1.50. The van der Waals surface area contributed by atoms with E-state index >= 15 is 0 Å². The van der Waals surface area contributed by atoms with Crippen LogP contribution in [0.3, 0.4) is 0 Å². The minimum Gasteiger partial charge on any atom is -0.507 e. The van der Waals surface area contributed by atoms with Crippen LogP contribution in [-0.2, 0) is 0 Å². The molecular formula is C19H14O6. The number of fused-ring (bicyclic) bond motifs is 2. The van der Waals surface area contributed by atoms with Crippen molar-refractivity contribution >= 4 is 27.7 Å². The van der Waals surface area contributed by atoms with E-state index in [1.807, 2.05) is 0 Å². The number of carbonyl (C=O) groups is 1. The van der Waals surface area contributed by atoms with E-state index in [1.165, 1.54) is 32.8 Å². The lowest BCUT2D eigenvalue weighted by Crippen LogP contribution is -2.01. The molecule has 0 fully saturated rings. The normalized spacial score (nSPS) is 11.1. The SMILES string of the molecule is COc1cc2occ(C(=O)c3cc4ccoc4cc3O)c2cc1OC. The highest BCUT2D eigenvalue weighted by Gasteiger charge is 2.21. The maximum absolute atomic E-state index is 12.9. The number of phenols is 1. The summed E-state index contributed by atoms with van der Waals surface area (Å²) in [4.78, 5) is 12.9. The Hall–Kier alpha value is -3.41. The minimum absolute atomic E-state index is 0.151. The fourth-order valence-corrected chi connectivity index (χ4v) is 2.86. The van der Waals surface area contributed by atoms with Crippen LogP contribution in [0.4, 0.5) is 0 Å². The molecule has 0 radical (unpaired) electrons. The minimum atomic E-state index is -0.355. The molecule has 0 aliphatic rings. The van der Waals surface area contributed by atoms with Gasteiger partial charge < -0.3 is 23.4 Å².